The lowest BCUT2D eigenvalue weighted by Gasteiger charge is -2.38. The van der Waals surface area contributed by atoms with Crippen molar-refractivity contribution in [2.45, 2.75) is 38.3 Å². The Morgan fingerprint density at radius 3 is 2.76 bits per heavy atom. The van der Waals surface area contributed by atoms with E-state index in [1.165, 1.54) is 6.20 Å². The largest absolute Gasteiger partial charge is 0.482 e. The fourth-order valence-electron chi connectivity index (χ4n) is 4.50. The summed E-state index contributed by atoms with van der Waals surface area (Å²) in [6.07, 6.45) is 2.58. The normalized spacial score (nSPS) is 17.8. The van der Waals surface area contributed by atoms with Crippen LogP contribution in [0.4, 0.5) is 0 Å². The maximum Gasteiger partial charge on any atom is 0.335 e. The molecule has 2 fully saturated rings. The molecule has 0 bridgehead atoms. The number of aromatic carboxylic acids is 1. The molecule has 198 valence electrons. The third-order valence-electron chi connectivity index (χ3n) is 6.60. The van der Waals surface area contributed by atoms with Crippen LogP contribution < -0.4 is 9.47 Å². The van der Waals surface area contributed by atoms with Gasteiger partial charge in [-0.1, -0.05) is 23.2 Å². The Balaban J connectivity index is 1.05. The van der Waals surface area contributed by atoms with E-state index in [-0.39, 0.29) is 24.4 Å². The highest BCUT2D eigenvalue weighted by Gasteiger charge is 2.31. The van der Waals surface area contributed by atoms with Gasteiger partial charge in [-0.15, -0.1) is 0 Å². The van der Waals surface area contributed by atoms with E-state index >= 15 is 0 Å². The first kappa shape index (κ1) is 25.0. The summed E-state index contributed by atoms with van der Waals surface area (Å²) >= 11 is 12.0. The van der Waals surface area contributed by atoms with Crippen molar-refractivity contribution >= 4 is 40.2 Å². The number of carbonyl (C=O) groups is 1. The molecule has 0 radical (unpaired) electrons. The number of benzene rings is 2. The lowest BCUT2D eigenvalue weighted by atomic mass is 10.1. The molecule has 1 N–H and O–H groups in total. The number of likely N-dealkylation sites (tertiary alicyclic amines) is 1. The van der Waals surface area contributed by atoms with Gasteiger partial charge in [-0.25, -0.2) is 14.8 Å². The number of oxazole rings is 1. The third-order valence-corrected chi connectivity index (χ3v) is 7.13. The molecule has 2 aliphatic rings. The van der Waals surface area contributed by atoms with Crippen molar-refractivity contribution in [1.82, 2.24) is 19.4 Å². The van der Waals surface area contributed by atoms with Crippen molar-refractivity contribution in [3.8, 4) is 11.7 Å². The van der Waals surface area contributed by atoms with Crippen LogP contribution in [0.15, 0.2) is 47.0 Å². The van der Waals surface area contributed by atoms with Gasteiger partial charge in [-0.05, 0) is 42.8 Å². The van der Waals surface area contributed by atoms with Gasteiger partial charge in [-0.3, -0.25) is 4.90 Å². The molecular weight excluding hydrogens is 535 g/mol. The molecule has 10 nitrogen and oxygen atoms in total. The molecule has 2 aromatic carbocycles. The van der Waals surface area contributed by atoms with Crippen LogP contribution in [0.2, 0.25) is 10.0 Å². The summed E-state index contributed by atoms with van der Waals surface area (Å²) in [5, 5.41) is 10.4. The highest BCUT2D eigenvalue weighted by molar-refractivity contribution is 6.35. The molecule has 0 amide bonds. The van der Waals surface area contributed by atoms with Crippen LogP contribution >= 0.6 is 23.2 Å². The van der Waals surface area contributed by atoms with E-state index in [0.717, 1.165) is 29.9 Å². The molecule has 2 aliphatic heterocycles. The highest BCUT2D eigenvalue weighted by Crippen LogP contribution is 2.29. The van der Waals surface area contributed by atoms with Crippen molar-refractivity contribution in [1.29, 1.82) is 0 Å². The van der Waals surface area contributed by atoms with Gasteiger partial charge in [0.2, 0.25) is 5.89 Å². The lowest BCUT2D eigenvalue weighted by Crippen LogP contribution is -2.53. The number of halogens is 2. The van der Waals surface area contributed by atoms with E-state index in [2.05, 4.69) is 14.5 Å². The van der Waals surface area contributed by atoms with Gasteiger partial charge in [0.1, 0.15) is 23.9 Å². The molecule has 0 saturated carbocycles. The number of fused-ring (bicyclic) bond motifs is 1. The first-order chi connectivity index (χ1) is 18.4. The van der Waals surface area contributed by atoms with Gasteiger partial charge < -0.3 is 28.3 Å². The van der Waals surface area contributed by atoms with Crippen LogP contribution in [-0.4, -0.2) is 62.4 Å². The van der Waals surface area contributed by atoms with E-state index in [1.54, 1.807) is 36.4 Å². The second-order valence-electron chi connectivity index (χ2n) is 9.30. The fourth-order valence-corrected chi connectivity index (χ4v) is 4.96. The van der Waals surface area contributed by atoms with E-state index in [9.17, 15) is 9.90 Å². The van der Waals surface area contributed by atoms with Crippen molar-refractivity contribution < 1.29 is 28.5 Å². The molecule has 0 aliphatic carbocycles. The van der Waals surface area contributed by atoms with Crippen LogP contribution in [0, 0.1) is 0 Å². The van der Waals surface area contributed by atoms with Crippen molar-refractivity contribution in [3.63, 3.8) is 0 Å². The van der Waals surface area contributed by atoms with E-state index in [0.29, 0.717) is 53.8 Å². The number of rotatable bonds is 10. The first-order valence-electron chi connectivity index (χ1n) is 12.2. The number of hydrogen-bond acceptors (Lipinski definition) is 8. The molecule has 2 aromatic heterocycles. The van der Waals surface area contributed by atoms with Gasteiger partial charge in [0.15, 0.2) is 6.61 Å². The van der Waals surface area contributed by atoms with Crippen LogP contribution in [-0.2, 0) is 24.4 Å². The van der Waals surface area contributed by atoms with E-state index in [1.807, 2.05) is 0 Å². The van der Waals surface area contributed by atoms with Crippen LogP contribution in [0.1, 0.15) is 28.5 Å². The van der Waals surface area contributed by atoms with Crippen LogP contribution in [0.25, 0.3) is 11.0 Å². The first-order valence-corrected chi connectivity index (χ1v) is 12.9. The number of hydrogen-bond donors (Lipinski definition) is 1. The average molecular weight is 559 g/mol. The topological polar surface area (TPSA) is 112 Å². The van der Waals surface area contributed by atoms with Gasteiger partial charge in [0.25, 0.3) is 0 Å². The second-order valence-corrected chi connectivity index (χ2v) is 10.1. The molecular formula is C26H24Cl2N4O6. The summed E-state index contributed by atoms with van der Waals surface area (Å²) in [6.45, 7) is 3.50. The van der Waals surface area contributed by atoms with Gasteiger partial charge in [-0.2, -0.15) is 0 Å². The molecule has 4 aromatic rings. The molecule has 0 spiro atoms. The summed E-state index contributed by atoms with van der Waals surface area (Å²) in [5.41, 5.74) is 1.82. The third kappa shape index (κ3) is 5.30. The smallest absolute Gasteiger partial charge is 0.335 e. The molecule has 12 heteroatoms. The zero-order valence-electron chi connectivity index (χ0n) is 20.2. The summed E-state index contributed by atoms with van der Waals surface area (Å²) in [6, 6.07) is 10.0. The van der Waals surface area contributed by atoms with Crippen molar-refractivity contribution in [2.75, 3.05) is 19.7 Å². The Hall–Kier alpha value is -3.31. The fraction of sp³-hybridized carbons (Fsp3) is 0.346. The minimum Gasteiger partial charge on any atom is -0.482 e. The standard InChI is InChI=1S/C26H24Cl2N4O6/c27-16-2-4-22(19(28)8-16)36-14-24-29-9-25(38-24)37-18-10-31(11-18)13-23-30-20-3-1-15(26(33)34)7-21(20)32(23)12-17-5-6-35-17/h1-4,7-9,17-18H,5-6,10-14H2,(H,33,34)/t17-/m0/s1. The molecule has 4 heterocycles. The minimum absolute atomic E-state index is 0.0474. The SMILES string of the molecule is O=C(O)c1ccc2nc(CN3CC(Oc4cnc(COc5ccc(Cl)cc5Cl)o4)C3)n(C[C@@H]3CCO3)c2c1. The van der Waals surface area contributed by atoms with Gasteiger partial charge >= 0.3 is 11.9 Å². The summed E-state index contributed by atoms with van der Waals surface area (Å²) in [7, 11) is 0. The van der Waals surface area contributed by atoms with Crippen LogP contribution in [0.5, 0.6) is 11.7 Å². The molecule has 6 rings (SSSR count). The predicted molar refractivity (Wildman–Crippen MR) is 138 cm³/mol. The lowest BCUT2D eigenvalue weighted by molar-refractivity contribution is -0.0597. The number of aromatic nitrogens is 3. The summed E-state index contributed by atoms with van der Waals surface area (Å²) in [4.78, 5) is 22.7. The zero-order valence-corrected chi connectivity index (χ0v) is 21.7. The van der Waals surface area contributed by atoms with E-state index in [4.69, 9.17) is 46.8 Å². The number of carboxylic acid groups (broad SMARTS) is 1. The predicted octanol–water partition coefficient (Wildman–Crippen LogP) is 4.66. The van der Waals surface area contributed by atoms with Gasteiger partial charge in [0, 0.05) is 24.7 Å². The van der Waals surface area contributed by atoms with E-state index < -0.39 is 5.97 Å². The number of ether oxygens (including phenoxy) is 3. The van der Waals surface area contributed by atoms with Crippen LogP contribution in [0.3, 0.4) is 0 Å². The zero-order chi connectivity index (χ0) is 26.2. The summed E-state index contributed by atoms with van der Waals surface area (Å²) < 4.78 is 25.0. The Morgan fingerprint density at radius 2 is 2.03 bits per heavy atom. The molecule has 0 unspecified atom stereocenters. The Bertz CT molecular complexity index is 1480. The minimum atomic E-state index is -0.959. The highest BCUT2D eigenvalue weighted by atomic mass is 35.5. The maximum atomic E-state index is 11.5. The Labute approximate surface area is 227 Å². The quantitative estimate of drug-likeness (QED) is 0.297. The number of imidazole rings is 1. The van der Waals surface area contributed by atoms with Crippen molar-refractivity contribution in [2.24, 2.45) is 0 Å². The number of nitrogens with zero attached hydrogens (tertiary/aromatic N) is 4. The Kier molecular flexibility index (Phi) is 6.87. The molecule has 2 saturated heterocycles. The maximum absolute atomic E-state index is 11.5. The van der Waals surface area contributed by atoms with Crippen molar-refractivity contribution in [3.05, 3.63) is 69.9 Å². The number of carboxylic acids is 1. The average Bonchev–Trinajstić information content (AvgIpc) is 3.42. The Morgan fingerprint density at radius 1 is 1.18 bits per heavy atom. The monoisotopic (exact) mass is 558 g/mol. The molecule has 1 atom stereocenters. The molecule has 38 heavy (non-hydrogen) atoms. The second kappa shape index (κ2) is 10.5. The summed E-state index contributed by atoms with van der Waals surface area (Å²) in [5.74, 6) is 1.09. The van der Waals surface area contributed by atoms with Gasteiger partial charge in [0.05, 0.1) is 40.8 Å².